The number of hydrogen-bond donors (Lipinski definition) is 2. The van der Waals surface area contributed by atoms with Crippen molar-refractivity contribution in [2.24, 2.45) is 5.92 Å². The Morgan fingerprint density at radius 3 is 2.48 bits per heavy atom. The largest absolute Gasteiger partial charge is 0.508 e. The summed E-state index contributed by atoms with van der Waals surface area (Å²) in [5.41, 5.74) is 0.604. The SMILES string of the molecule is COCCN1C(=O)N[C@](Cc2ccc(F)cc2)(C2CCN(Cc3ccccc3O)CC2)C1=O. The molecule has 2 aromatic rings. The Hall–Kier alpha value is -2.97. The molecular formula is C25H30FN3O4. The molecule has 4 rings (SSSR count). The van der Waals surface area contributed by atoms with E-state index in [4.69, 9.17) is 4.74 Å². The molecule has 2 N–H and O–H groups in total. The van der Waals surface area contributed by atoms with Crippen LogP contribution >= 0.6 is 0 Å². The molecule has 0 spiro atoms. The Morgan fingerprint density at radius 2 is 1.82 bits per heavy atom. The number of ether oxygens (including phenoxy) is 1. The standard InChI is InChI=1S/C25H30FN3O4/c1-33-15-14-29-23(31)25(27-24(29)32,16-18-6-8-21(26)9-7-18)20-10-12-28(13-11-20)17-19-4-2-3-5-22(19)30/h2-9,20,30H,10-17H2,1H3,(H,27,32)/t25-/m1/s1. The minimum atomic E-state index is -1.07. The van der Waals surface area contributed by atoms with Gasteiger partial charge in [0.1, 0.15) is 17.1 Å². The molecule has 0 radical (unpaired) electrons. The maximum absolute atomic E-state index is 13.6. The maximum atomic E-state index is 13.6. The Morgan fingerprint density at radius 1 is 1.12 bits per heavy atom. The molecular weight excluding hydrogens is 425 g/mol. The summed E-state index contributed by atoms with van der Waals surface area (Å²) in [5.74, 6) is -0.367. The van der Waals surface area contributed by atoms with E-state index in [-0.39, 0.29) is 36.5 Å². The molecule has 2 fully saturated rings. The normalized spacial score (nSPS) is 22.1. The van der Waals surface area contributed by atoms with Gasteiger partial charge in [-0.25, -0.2) is 9.18 Å². The second kappa shape index (κ2) is 9.89. The zero-order valence-electron chi connectivity index (χ0n) is 18.8. The number of carbonyl (C=O) groups is 2. The first kappa shape index (κ1) is 23.2. The number of nitrogens with one attached hydrogen (secondary N) is 1. The van der Waals surface area contributed by atoms with Gasteiger partial charge in [0.2, 0.25) is 0 Å². The van der Waals surface area contributed by atoms with Gasteiger partial charge in [0, 0.05) is 25.6 Å². The van der Waals surface area contributed by atoms with Crippen LogP contribution in [0.2, 0.25) is 0 Å². The number of para-hydroxylation sites is 1. The highest BCUT2D eigenvalue weighted by Gasteiger charge is 2.55. The zero-order chi connectivity index (χ0) is 23.4. The van der Waals surface area contributed by atoms with E-state index in [1.54, 1.807) is 24.3 Å². The molecule has 0 bridgehead atoms. The van der Waals surface area contributed by atoms with Crippen LogP contribution in [-0.2, 0) is 22.5 Å². The van der Waals surface area contributed by atoms with Crippen molar-refractivity contribution >= 4 is 11.9 Å². The van der Waals surface area contributed by atoms with Crippen LogP contribution in [0, 0.1) is 11.7 Å². The topological polar surface area (TPSA) is 82.1 Å². The van der Waals surface area contributed by atoms with Crippen molar-refractivity contribution < 1.29 is 23.8 Å². The number of phenolic OH excluding ortho intramolecular Hbond substituents is 1. The van der Waals surface area contributed by atoms with Crippen molar-refractivity contribution in [1.29, 1.82) is 0 Å². The summed E-state index contributed by atoms with van der Waals surface area (Å²) in [6, 6.07) is 13.0. The molecule has 2 aromatic carbocycles. The average Bonchev–Trinajstić information content (AvgIpc) is 3.05. The third kappa shape index (κ3) is 4.86. The fourth-order valence-electron chi connectivity index (χ4n) is 4.96. The number of phenols is 1. The highest BCUT2D eigenvalue weighted by atomic mass is 19.1. The molecule has 0 aromatic heterocycles. The van der Waals surface area contributed by atoms with E-state index in [9.17, 15) is 19.1 Å². The number of hydrogen-bond acceptors (Lipinski definition) is 5. The predicted octanol–water partition coefficient (Wildman–Crippen LogP) is 2.92. The van der Waals surface area contributed by atoms with E-state index in [1.807, 2.05) is 12.1 Å². The van der Waals surface area contributed by atoms with Gasteiger partial charge in [0.15, 0.2) is 0 Å². The molecule has 1 atom stereocenters. The first-order valence-electron chi connectivity index (χ1n) is 11.3. The van der Waals surface area contributed by atoms with Crippen LogP contribution in [0.1, 0.15) is 24.0 Å². The van der Waals surface area contributed by atoms with Crippen LogP contribution in [0.25, 0.3) is 0 Å². The van der Waals surface area contributed by atoms with Crippen molar-refractivity contribution in [2.75, 3.05) is 33.4 Å². The average molecular weight is 456 g/mol. The third-order valence-electron chi connectivity index (χ3n) is 6.79. The number of benzene rings is 2. The van der Waals surface area contributed by atoms with Crippen molar-refractivity contribution in [1.82, 2.24) is 15.1 Å². The molecule has 2 heterocycles. The monoisotopic (exact) mass is 455 g/mol. The smallest absolute Gasteiger partial charge is 0.325 e. The second-order valence-electron chi connectivity index (χ2n) is 8.83. The molecule has 0 saturated carbocycles. The van der Waals surface area contributed by atoms with Crippen LogP contribution in [-0.4, -0.2) is 65.7 Å². The lowest BCUT2D eigenvalue weighted by Crippen LogP contribution is -2.57. The Balaban J connectivity index is 1.53. The van der Waals surface area contributed by atoms with Gasteiger partial charge in [-0.05, 0) is 55.6 Å². The lowest BCUT2D eigenvalue weighted by Gasteiger charge is -2.41. The number of piperidine rings is 1. The highest BCUT2D eigenvalue weighted by molar-refractivity contribution is 6.07. The molecule has 7 nitrogen and oxygen atoms in total. The van der Waals surface area contributed by atoms with Crippen molar-refractivity contribution in [3.8, 4) is 5.75 Å². The summed E-state index contributed by atoms with van der Waals surface area (Å²) in [5, 5.41) is 13.1. The van der Waals surface area contributed by atoms with Gasteiger partial charge in [0.05, 0.1) is 13.2 Å². The fraction of sp³-hybridized carbons (Fsp3) is 0.440. The number of amides is 3. The van der Waals surface area contributed by atoms with Crippen LogP contribution in [0.4, 0.5) is 9.18 Å². The van der Waals surface area contributed by atoms with Gasteiger partial charge in [-0.1, -0.05) is 30.3 Å². The molecule has 2 saturated heterocycles. The van der Waals surface area contributed by atoms with Gasteiger partial charge in [-0.2, -0.15) is 0 Å². The quantitative estimate of drug-likeness (QED) is 0.598. The number of likely N-dealkylation sites (tertiary alicyclic amines) is 1. The number of methoxy groups -OCH3 is 1. The molecule has 176 valence electrons. The minimum absolute atomic E-state index is 0.0628. The minimum Gasteiger partial charge on any atom is -0.508 e. The summed E-state index contributed by atoms with van der Waals surface area (Å²) in [4.78, 5) is 29.9. The highest BCUT2D eigenvalue weighted by Crippen LogP contribution is 2.37. The molecule has 2 aliphatic heterocycles. The van der Waals surface area contributed by atoms with Crippen molar-refractivity contribution in [3.05, 3.63) is 65.5 Å². The number of halogens is 1. The van der Waals surface area contributed by atoms with Gasteiger partial charge in [-0.3, -0.25) is 14.6 Å². The van der Waals surface area contributed by atoms with Crippen LogP contribution in [0.15, 0.2) is 48.5 Å². The molecule has 8 heteroatoms. The van der Waals surface area contributed by atoms with Crippen molar-refractivity contribution in [3.63, 3.8) is 0 Å². The number of nitrogens with zero attached hydrogens (tertiary/aromatic N) is 2. The summed E-state index contributed by atoms with van der Waals surface area (Å²) in [6.07, 6.45) is 1.75. The van der Waals surface area contributed by atoms with Crippen LogP contribution in [0.5, 0.6) is 5.75 Å². The van der Waals surface area contributed by atoms with E-state index < -0.39 is 11.6 Å². The number of aromatic hydroxyl groups is 1. The summed E-state index contributed by atoms with van der Waals surface area (Å²) < 4.78 is 18.5. The lowest BCUT2D eigenvalue weighted by molar-refractivity contribution is -0.134. The third-order valence-corrected chi connectivity index (χ3v) is 6.79. The number of rotatable bonds is 8. The van der Waals surface area contributed by atoms with Crippen molar-refractivity contribution in [2.45, 2.75) is 31.3 Å². The Kier molecular flexibility index (Phi) is 6.95. The van der Waals surface area contributed by atoms with E-state index >= 15 is 0 Å². The van der Waals surface area contributed by atoms with E-state index in [0.29, 0.717) is 13.0 Å². The maximum Gasteiger partial charge on any atom is 0.325 e. The first-order chi connectivity index (χ1) is 15.9. The fourth-order valence-corrected chi connectivity index (χ4v) is 4.96. The molecule has 33 heavy (non-hydrogen) atoms. The summed E-state index contributed by atoms with van der Waals surface area (Å²) >= 11 is 0. The number of imide groups is 1. The zero-order valence-corrected chi connectivity index (χ0v) is 18.8. The summed E-state index contributed by atoms with van der Waals surface area (Å²) in [7, 11) is 1.53. The Bertz CT molecular complexity index is 991. The van der Waals surface area contributed by atoms with Crippen LogP contribution < -0.4 is 5.32 Å². The molecule has 3 amide bonds. The van der Waals surface area contributed by atoms with Gasteiger partial charge in [-0.15, -0.1) is 0 Å². The molecule has 0 unspecified atom stereocenters. The van der Waals surface area contributed by atoms with E-state index in [1.165, 1.54) is 24.1 Å². The van der Waals surface area contributed by atoms with Gasteiger partial charge >= 0.3 is 6.03 Å². The number of urea groups is 1. The summed E-state index contributed by atoms with van der Waals surface area (Å²) in [6.45, 7) is 2.57. The van der Waals surface area contributed by atoms with Gasteiger partial charge < -0.3 is 15.2 Å². The molecule has 0 aliphatic carbocycles. The lowest BCUT2D eigenvalue weighted by atomic mass is 9.74. The van der Waals surface area contributed by atoms with E-state index in [0.717, 1.165) is 37.1 Å². The predicted molar refractivity (Wildman–Crippen MR) is 121 cm³/mol. The molecule has 2 aliphatic rings. The van der Waals surface area contributed by atoms with Gasteiger partial charge in [0.25, 0.3) is 5.91 Å². The second-order valence-corrected chi connectivity index (χ2v) is 8.83. The first-order valence-corrected chi connectivity index (χ1v) is 11.3. The van der Waals surface area contributed by atoms with E-state index in [2.05, 4.69) is 10.2 Å². The Labute approximate surface area is 193 Å². The number of carbonyl (C=O) groups excluding carboxylic acids is 2. The van der Waals surface area contributed by atoms with Crippen LogP contribution in [0.3, 0.4) is 0 Å².